The van der Waals surface area contributed by atoms with Crippen molar-refractivity contribution in [2.45, 2.75) is 33.7 Å². The summed E-state index contributed by atoms with van der Waals surface area (Å²) in [6.07, 6.45) is 0. The summed E-state index contributed by atoms with van der Waals surface area (Å²) in [6, 6.07) is 12.4. The fraction of sp³-hybridized carbons (Fsp3) is 0.263. The number of amides is 3. The van der Waals surface area contributed by atoms with Gasteiger partial charge in [0.25, 0.3) is 0 Å². The van der Waals surface area contributed by atoms with E-state index in [0.29, 0.717) is 5.69 Å². The van der Waals surface area contributed by atoms with Gasteiger partial charge in [0.15, 0.2) is 0 Å². The van der Waals surface area contributed by atoms with Crippen molar-refractivity contribution >= 4 is 23.3 Å². The number of hydrogen-bond acceptors (Lipinski definition) is 3. The summed E-state index contributed by atoms with van der Waals surface area (Å²) in [7, 11) is 0. The summed E-state index contributed by atoms with van der Waals surface area (Å²) in [5, 5.41) is 8.13. The molecular formula is C19H23N3O2. The smallest absolute Gasteiger partial charge is 0.325 e. The zero-order chi connectivity index (χ0) is 17.7. The first-order chi connectivity index (χ1) is 11.3. The van der Waals surface area contributed by atoms with E-state index in [1.165, 1.54) is 0 Å². The lowest BCUT2D eigenvalue weighted by Crippen LogP contribution is -2.43. The molecule has 2 aromatic rings. The third kappa shape index (κ3) is 4.84. The van der Waals surface area contributed by atoms with Gasteiger partial charge in [0.05, 0.1) is 0 Å². The van der Waals surface area contributed by atoms with E-state index in [-0.39, 0.29) is 0 Å². The molecule has 0 aliphatic heterocycles. The Balaban J connectivity index is 1.92. The van der Waals surface area contributed by atoms with Crippen LogP contribution in [0.5, 0.6) is 0 Å². The lowest BCUT2D eigenvalue weighted by atomic mass is 10.1. The molecular weight excluding hydrogens is 302 g/mol. The molecule has 1 atom stereocenters. The van der Waals surface area contributed by atoms with Crippen molar-refractivity contribution in [3.8, 4) is 0 Å². The number of hydrogen-bond donors (Lipinski definition) is 3. The van der Waals surface area contributed by atoms with Gasteiger partial charge >= 0.3 is 6.03 Å². The fourth-order valence-corrected chi connectivity index (χ4v) is 2.38. The Labute approximate surface area is 142 Å². The Morgan fingerprint density at radius 2 is 1.67 bits per heavy atom. The first-order valence-electron chi connectivity index (χ1n) is 7.87. The van der Waals surface area contributed by atoms with Crippen molar-refractivity contribution in [1.29, 1.82) is 0 Å². The normalized spacial score (nSPS) is 11.5. The maximum Gasteiger partial charge on any atom is 0.325 e. The summed E-state index contributed by atoms with van der Waals surface area (Å²) in [4.78, 5) is 24.1. The molecule has 0 heterocycles. The van der Waals surface area contributed by atoms with Gasteiger partial charge < -0.3 is 10.6 Å². The monoisotopic (exact) mass is 325 g/mol. The van der Waals surface area contributed by atoms with Gasteiger partial charge in [-0.15, -0.1) is 0 Å². The van der Waals surface area contributed by atoms with Crippen LogP contribution in [0.1, 0.15) is 23.6 Å². The molecule has 0 bridgehead atoms. The van der Waals surface area contributed by atoms with Crippen molar-refractivity contribution in [3.63, 3.8) is 0 Å². The first kappa shape index (κ1) is 17.5. The molecule has 2 rings (SSSR count). The minimum Gasteiger partial charge on any atom is -0.374 e. The lowest BCUT2D eigenvalue weighted by Gasteiger charge is -2.16. The molecule has 3 N–H and O–H groups in total. The zero-order valence-corrected chi connectivity index (χ0v) is 14.4. The quantitative estimate of drug-likeness (QED) is 0.801. The highest BCUT2D eigenvalue weighted by Crippen LogP contribution is 2.16. The molecule has 126 valence electrons. The summed E-state index contributed by atoms with van der Waals surface area (Å²) < 4.78 is 0. The molecule has 0 fully saturated rings. The molecule has 0 spiro atoms. The minimum absolute atomic E-state index is 0.390. The molecule has 0 aliphatic rings. The summed E-state index contributed by atoms with van der Waals surface area (Å²) in [6.45, 7) is 7.58. The SMILES string of the molecule is Cc1cccc(NC(C)C(=O)NC(=O)Nc2ccc(C)cc2C)c1. The van der Waals surface area contributed by atoms with E-state index >= 15 is 0 Å². The van der Waals surface area contributed by atoms with Crippen LogP contribution in [0, 0.1) is 20.8 Å². The van der Waals surface area contributed by atoms with Gasteiger partial charge in [-0.05, 0) is 57.0 Å². The van der Waals surface area contributed by atoms with Gasteiger partial charge in [0, 0.05) is 11.4 Å². The van der Waals surface area contributed by atoms with Crippen molar-refractivity contribution in [2.24, 2.45) is 0 Å². The number of carbonyl (C=O) groups excluding carboxylic acids is 2. The molecule has 0 saturated carbocycles. The Bertz CT molecular complexity index is 756. The molecule has 3 amide bonds. The number of urea groups is 1. The zero-order valence-electron chi connectivity index (χ0n) is 14.4. The maximum absolute atomic E-state index is 12.1. The van der Waals surface area contributed by atoms with Crippen molar-refractivity contribution in [1.82, 2.24) is 5.32 Å². The second-order valence-corrected chi connectivity index (χ2v) is 6.00. The molecule has 0 aromatic heterocycles. The highest BCUT2D eigenvalue weighted by atomic mass is 16.2. The number of benzene rings is 2. The second-order valence-electron chi connectivity index (χ2n) is 6.00. The molecule has 24 heavy (non-hydrogen) atoms. The molecule has 5 nitrogen and oxygen atoms in total. The largest absolute Gasteiger partial charge is 0.374 e. The van der Waals surface area contributed by atoms with E-state index < -0.39 is 18.0 Å². The van der Waals surface area contributed by atoms with Crippen LogP contribution in [0.2, 0.25) is 0 Å². The van der Waals surface area contributed by atoms with Crippen LogP contribution in [0.25, 0.3) is 0 Å². The van der Waals surface area contributed by atoms with Crippen LogP contribution in [0.15, 0.2) is 42.5 Å². The average Bonchev–Trinajstić information content (AvgIpc) is 2.50. The van der Waals surface area contributed by atoms with E-state index in [2.05, 4.69) is 16.0 Å². The summed E-state index contributed by atoms with van der Waals surface area (Å²) in [5.74, 6) is -0.390. The molecule has 0 saturated heterocycles. The van der Waals surface area contributed by atoms with Crippen LogP contribution in [0.3, 0.4) is 0 Å². The standard InChI is InChI=1S/C19H23N3O2/c1-12-6-5-7-16(11-12)20-15(4)18(23)22-19(24)21-17-9-8-13(2)10-14(17)3/h5-11,15,20H,1-4H3,(H2,21,22,23,24). The molecule has 5 heteroatoms. The van der Waals surface area contributed by atoms with Crippen LogP contribution < -0.4 is 16.0 Å². The van der Waals surface area contributed by atoms with Crippen LogP contribution in [-0.4, -0.2) is 18.0 Å². The first-order valence-corrected chi connectivity index (χ1v) is 7.87. The van der Waals surface area contributed by atoms with E-state index in [1.807, 2.05) is 63.2 Å². The predicted molar refractivity (Wildman–Crippen MR) is 97.3 cm³/mol. The van der Waals surface area contributed by atoms with Crippen molar-refractivity contribution in [2.75, 3.05) is 10.6 Å². The van der Waals surface area contributed by atoms with Crippen molar-refractivity contribution in [3.05, 3.63) is 59.2 Å². The second kappa shape index (κ2) is 7.64. The highest BCUT2D eigenvalue weighted by Gasteiger charge is 2.16. The molecule has 0 radical (unpaired) electrons. The summed E-state index contributed by atoms with van der Waals surface area (Å²) in [5.41, 5.74) is 4.69. The number of imide groups is 1. The number of aryl methyl sites for hydroxylation is 3. The minimum atomic E-state index is -0.537. The number of nitrogens with one attached hydrogen (secondary N) is 3. The van der Waals surface area contributed by atoms with Crippen LogP contribution >= 0.6 is 0 Å². The average molecular weight is 325 g/mol. The Hall–Kier alpha value is -2.82. The molecule has 0 aliphatic carbocycles. The number of rotatable bonds is 4. The highest BCUT2D eigenvalue weighted by molar-refractivity contribution is 6.03. The van der Waals surface area contributed by atoms with Gasteiger partial charge in [-0.25, -0.2) is 4.79 Å². The van der Waals surface area contributed by atoms with E-state index in [1.54, 1.807) is 6.92 Å². The van der Waals surface area contributed by atoms with Gasteiger partial charge in [0.1, 0.15) is 6.04 Å². The third-order valence-corrected chi connectivity index (χ3v) is 3.66. The molecule has 2 aromatic carbocycles. The Kier molecular flexibility index (Phi) is 5.58. The topological polar surface area (TPSA) is 70.2 Å². The number of carbonyl (C=O) groups is 2. The van der Waals surface area contributed by atoms with E-state index in [4.69, 9.17) is 0 Å². The third-order valence-electron chi connectivity index (χ3n) is 3.66. The molecule has 1 unspecified atom stereocenters. The predicted octanol–water partition coefficient (Wildman–Crippen LogP) is 3.76. The van der Waals surface area contributed by atoms with Gasteiger partial charge in [0.2, 0.25) is 5.91 Å². The Morgan fingerprint density at radius 1 is 0.958 bits per heavy atom. The number of anilines is 2. The fourth-order valence-electron chi connectivity index (χ4n) is 2.38. The van der Waals surface area contributed by atoms with E-state index in [9.17, 15) is 9.59 Å². The van der Waals surface area contributed by atoms with Crippen molar-refractivity contribution < 1.29 is 9.59 Å². The maximum atomic E-state index is 12.1. The van der Waals surface area contributed by atoms with Crippen LogP contribution in [-0.2, 0) is 4.79 Å². The van der Waals surface area contributed by atoms with Crippen LogP contribution in [0.4, 0.5) is 16.2 Å². The summed E-state index contributed by atoms with van der Waals surface area (Å²) >= 11 is 0. The van der Waals surface area contributed by atoms with Gasteiger partial charge in [-0.2, -0.15) is 0 Å². The lowest BCUT2D eigenvalue weighted by molar-refractivity contribution is -0.120. The Morgan fingerprint density at radius 3 is 2.33 bits per heavy atom. The van der Waals surface area contributed by atoms with Gasteiger partial charge in [-0.1, -0.05) is 29.8 Å². The van der Waals surface area contributed by atoms with E-state index in [0.717, 1.165) is 22.4 Å². The van der Waals surface area contributed by atoms with Gasteiger partial charge in [-0.3, -0.25) is 10.1 Å².